The first-order chi connectivity index (χ1) is 10.6. The zero-order valence-corrected chi connectivity index (χ0v) is 16.9. The molecular weight excluding hydrogens is 276 g/mol. The van der Waals surface area contributed by atoms with Gasteiger partial charge in [-0.25, -0.2) is 0 Å². The second-order valence-corrected chi connectivity index (χ2v) is 11.5. The molecule has 4 fully saturated rings. The molecule has 4 aliphatic carbocycles. The third-order valence-electron chi connectivity index (χ3n) is 10.6. The van der Waals surface area contributed by atoms with Crippen molar-refractivity contribution in [1.29, 1.82) is 0 Å². The molecule has 0 N–H and O–H groups in total. The fourth-order valence-corrected chi connectivity index (χ4v) is 9.92. The first kappa shape index (κ1) is 16.5. The summed E-state index contributed by atoms with van der Waals surface area (Å²) >= 11 is 0. The van der Waals surface area contributed by atoms with E-state index in [1.165, 1.54) is 38.5 Å². The number of hydrogen-bond acceptors (Lipinski definition) is 0. The minimum Gasteiger partial charge on any atom is -0.0651 e. The van der Waals surface area contributed by atoms with E-state index in [4.69, 9.17) is 0 Å². The molecule has 8 atom stereocenters. The Morgan fingerprint density at radius 3 is 2.22 bits per heavy atom. The van der Waals surface area contributed by atoms with Crippen LogP contribution in [-0.2, 0) is 0 Å². The van der Waals surface area contributed by atoms with Crippen LogP contribution < -0.4 is 0 Å². The molecular formula is C23H40. The summed E-state index contributed by atoms with van der Waals surface area (Å²) in [4.78, 5) is 0. The summed E-state index contributed by atoms with van der Waals surface area (Å²) < 4.78 is 0. The molecule has 0 aromatic carbocycles. The van der Waals surface area contributed by atoms with Crippen molar-refractivity contribution in [3.63, 3.8) is 0 Å². The van der Waals surface area contributed by atoms with Crippen LogP contribution in [0.25, 0.3) is 0 Å². The Hall–Kier alpha value is 0. The fourth-order valence-electron chi connectivity index (χ4n) is 9.92. The molecule has 0 heterocycles. The van der Waals surface area contributed by atoms with Crippen molar-refractivity contribution < 1.29 is 0 Å². The van der Waals surface area contributed by atoms with Crippen LogP contribution in [0.3, 0.4) is 0 Å². The molecule has 1 spiro atoms. The minimum absolute atomic E-state index is 0.612. The van der Waals surface area contributed by atoms with Crippen LogP contribution in [0, 0.1) is 44.8 Å². The van der Waals surface area contributed by atoms with Crippen LogP contribution in [0.5, 0.6) is 0 Å². The maximum Gasteiger partial charge on any atom is -0.0122 e. The van der Waals surface area contributed by atoms with Gasteiger partial charge in [0.05, 0.1) is 0 Å². The van der Waals surface area contributed by atoms with E-state index < -0.39 is 0 Å². The van der Waals surface area contributed by atoms with E-state index in [0.29, 0.717) is 27.1 Å². The molecule has 0 saturated heterocycles. The molecule has 4 saturated carbocycles. The van der Waals surface area contributed by atoms with Gasteiger partial charge in [-0.2, -0.15) is 0 Å². The maximum absolute atomic E-state index is 2.74. The molecule has 0 aliphatic heterocycles. The van der Waals surface area contributed by atoms with E-state index in [-0.39, 0.29) is 0 Å². The second kappa shape index (κ2) is 4.39. The van der Waals surface area contributed by atoms with Crippen molar-refractivity contribution in [3.8, 4) is 0 Å². The quantitative estimate of drug-likeness (QED) is 0.521. The minimum atomic E-state index is 0.612. The SMILES string of the molecule is CCC(C)CC12CC(C)CC3(C)CCC(C)(C1)C1(C)C(C)CC321. The lowest BCUT2D eigenvalue weighted by atomic mass is 9.25. The number of rotatable bonds is 3. The molecule has 4 aliphatic rings. The first-order valence-electron chi connectivity index (χ1n) is 10.6. The summed E-state index contributed by atoms with van der Waals surface area (Å²) in [5, 5.41) is 0. The molecule has 23 heavy (non-hydrogen) atoms. The normalized spacial score (nSPS) is 61.7. The molecule has 0 amide bonds. The molecule has 0 aromatic rings. The third kappa shape index (κ3) is 1.48. The monoisotopic (exact) mass is 316 g/mol. The molecule has 4 rings (SSSR count). The van der Waals surface area contributed by atoms with Crippen LogP contribution in [-0.4, -0.2) is 0 Å². The predicted molar refractivity (Wildman–Crippen MR) is 99.3 cm³/mol. The van der Waals surface area contributed by atoms with Crippen molar-refractivity contribution in [1.82, 2.24) is 0 Å². The van der Waals surface area contributed by atoms with Crippen molar-refractivity contribution in [2.75, 3.05) is 0 Å². The van der Waals surface area contributed by atoms with E-state index in [1.54, 1.807) is 12.8 Å². The second-order valence-electron chi connectivity index (χ2n) is 11.5. The van der Waals surface area contributed by atoms with Crippen molar-refractivity contribution in [3.05, 3.63) is 0 Å². The Kier molecular flexibility index (Phi) is 3.14. The predicted octanol–water partition coefficient (Wildman–Crippen LogP) is 7.08. The van der Waals surface area contributed by atoms with Gasteiger partial charge in [0, 0.05) is 0 Å². The highest BCUT2D eigenvalue weighted by Crippen LogP contribution is 2.93. The summed E-state index contributed by atoms with van der Waals surface area (Å²) in [6.45, 7) is 18.3. The lowest BCUT2D eigenvalue weighted by Crippen LogP contribution is -2.72. The van der Waals surface area contributed by atoms with E-state index in [1.807, 2.05) is 0 Å². The Morgan fingerprint density at radius 2 is 1.61 bits per heavy atom. The Labute approximate surface area is 145 Å². The van der Waals surface area contributed by atoms with Gasteiger partial charge < -0.3 is 0 Å². The molecule has 0 nitrogen and oxygen atoms in total. The highest BCUT2D eigenvalue weighted by molar-refractivity contribution is 5.34. The topological polar surface area (TPSA) is 0 Å². The average molecular weight is 317 g/mol. The Bertz CT molecular complexity index is 522. The van der Waals surface area contributed by atoms with Crippen molar-refractivity contribution in [2.45, 2.75) is 99.8 Å². The van der Waals surface area contributed by atoms with Gasteiger partial charge in [0.1, 0.15) is 0 Å². The van der Waals surface area contributed by atoms with Gasteiger partial charge in [0.25, 0.3) is 0 Å². The van der Waals surface area contributed by atoms with Crippen LogP contribution in [0.4, 0.5) is 0 Å². The lowest BCUT2D eigenvalue weighted by molar-refractivity contribution is -0.307. The zero-order chi connectivity index (χ0) is 16.9. The molecule has 8 unspecified atom stereocenters. The lowest BCUT2D eigenvalue weighted by Gasteiger charge is -2.79. The fraction of sp³-hybridized carbons (Fsp3) is 1.00. The Morgan fingerprint density at radius 1 is 0.957 bits per heavy atom. The average Bonchev–Trinajstić information content (AvgIpc) is 2.56. The van der Waals surface area contributed by atoms with Gasteiger partial charge in [-0.05, 0) is 89.8 Å². The Balaban J connectivity index is 1.91. The van der Waals surface area contributed by atoms with Gasteiger partial charge in [-0.15, -0.1) is 0 Å². The van der Waals surface area contributed by atoms with E-state index in [2.05, 4.69) is 48.5 Å². The van der Waals surface area contributed by atoms with Gasteiger partial charge in [-0.3, -0.25) is 0 Å². The van der Waals surface area contributed by atoms with Crippen LogP contribution in [0.15, 0.2) is 0 Å². The summed E-state index contributed by atoms with van der Waals surface area (Å²) in [6.07, 6.45) is 12.0. The summed E-state index contributed by atoms with van der Waals surface area (Å²) in [5.41, 5.74) is 3.16. The van der Waals surface area contributed by atoms with Crippen LogP contribution in [0.2, 0.25) is 0 Å². The number of hydrogen-bond donors (Lipinski definition) is 0. The van der Waals surface area contributed by atoms with Gasteiger partial charge in [0.2, 0.25) is 0 Å². The van der Waals surface area contributed by atoms with Gasteiger partial charge in [0.15, 0.2) is 0 Å². The van der Waals surface area contributed by atoms with Gasteiger partial charge in [-0.1, -0.05) is 54.9 Å². The molecule has 0 aromatic heterocycles. The maximum atomic E-state index is 2.74. The smallest absolute Gasteiger partial charge is 0.0122 e. The van der Waals surface area contributed by atoms with E-state index >= 15 is 0 Å². The van der Waals surface area contributed by atoms with Crippen LogP contribution in [0.1, 0.15) is 99.8 Å². The highest BCUT2D eigenvalue weighted by atomic mass is 14.9. The molecule has 0 heteroatoms. The molecule has 0 radical (unpaired) electrons. The summed E-state index contributed by atoms with van der Waals surface area (Å²) in [6, 6.07) is 0. The summed E-state index contributed by atoms with van der Waals surface area (Å²) in [7, 11) is 0. The van der Waals surface area contributed by atoms with Crippen molar-refractivity contribution >= 4 is 0 Å². The third-order valence-corrected chi connectivity index (χ3v) is 10.6. The largest absolute Gasteiger partial charge is 0.0651 e. The van der Waals surface area contributed by atoms with E-state index in [9.17, 15) is 0 Å². The molecule has 132 valence electrons. The van der Waals surface area contributed by atoms with Crippen molar-refractivity contribution in [2.24, 2.45) is 44.8 Å². The highest BCUT2D eigenvalue weighted by Gasteiger charge is 2.86. The molecule has 2 bridgehead atoms. The first-order valence-corrected chi connectivity index (χ1v) is 10.6. The standard InChI is InChI=1S/C23H40/c1-8-16(2)12-22-13-17(3)11-19(5)9-10-20(6,15-22)21(7)18(4)14-23(19,21)22/h16-18H,8-15H2,1-7H3. The zero-order valence-electron chi connectivity index (χ0n) is 16.9. The van der Waals surface area contributed by atoms with Gasteiger partial charge >= 0.3 is 0 Å². The summed E-state index contributed by atoms with van der Waals surface area (Å²) in [5.74, 6) is 2.79. The van der Waals surface area contributed by atoms with E-state index in [0.717, 1.165) is 17.8 Å². The van der Waals surface area contributed by atoms with Crippen LogP contribution >= 0.6 is 0 Å².